The van der Waals surface area contributed by atoms with Gasteiger partial charge in [0.1, 0.15) is 5.75 Å². The van der Waals surface area contributed by atoms with Gasteiger partial charge in [-0.05, 0) is 91.2 Å². The van der Waals surface area contributed by atoms with Crippen molar-refractivity contribution in [3.05, 3.63) is 53.6 Å². The number of para-hydroxylation sites is 1. The lowest BCUT2D eigenvalue weighted by atomic mass is 9.46. The summed E-state index contributed by atoms with van der Waals surface area (Å²) in [5.41, 5.74) is 4.29. The van der Waals surface area contributed by atoms with E-state index >= 15 is 0 Å². The second-order valence-electron chi connectivity index (χ2n) is 9.67. The molecular weight excluding hydrogens is 346 g/mol. The van der Waals surface area contributed by atoms with Crippen molar-refractivity contribution in [3.63, 3.8) is 0 Å². The Balaban J connectivity index is 1.58. The number of fused-ring (bicyclic) bond motifs is 2. The Labute approximate surface area is 167 Å². The van der Waals surface area contributed by atoms with E-state index in [2.05, 4.69) is 48.3 Å². The molecule has 0 aromatic heterocycles. The average molecular weight is 376 g/mol. The molecule has 0 spiro atoms. The standard InChI is InChI=1S/C25H29NO2/c1-26-22-6-4-3-5-20(22)24(21-14-19(28-2)7-8-23(21)26)25(27)17-10-15-9-16(12-17)13-18(25)11-15/h3-8,14-18,24,27H,9-13H2,1-2H3. The van der Waals surface area contributed by atoms with Crippen LogP contribution in [0.2, 0.25) is 0 Å². The van der Waals surface area contributed by atoms with Gasteiger partial charge in [0.2, 0.25) is 0 Å². The van der Waals surface area contributed by atoms with E-state index in [9.17, 15) is 5.11 Å². The minimum absolute atomic E-state index is 0.0278. The molecule has 7 rings (SSSR count). The number of hydrogen-bond donors (Lipinski definition) is 1. The van der Waals surface area contributed by atoms with E-state index in [-0.39, 0.29) is 5.92 Å². The Morgan fingerprint density at radius 3 is 2.21 bits per heavy atom. The number of rotatable bonds is 2. The summed E-state index contributed by atoms with van der Waals surface area (Å²) in [6.07, 6.45) is 6.22. The van der Waals surface area contributed by atoms with Crippen LogP contribution in [0.25, 0.3) is 0 Å². The summed E-state index contributed by atoms with van der Waals surface area (Å²) in [4.78, 5) is 2.28. The lowest BCUT2D eigenvalue weighted by molar-refractivity contribution is -0.180. The molecule has 28 heavy (non-hydrogen) atoms. The number of anilines is 2. The molecular formula is C25H29NO2. The van der Waals surface area contributed by atoms with Gasteiger partial charge >= 0.3 is 0 Å². The van der Waals surface area contributed by atoms with Gasteiger partial charge in [-0.2, -0.15) is 0 Å². The number of benzene rings is 2. The molecule has 1 unspecified atom stereocenters. The lowest BCUT2D eigenvalue weighted by Crippen LogP contribution is -2.61. The molecule has 146 valence electrons. The molecule has 4 saturated carbocycles. The molecule has 1 heterocycles. The van der Waals surface area contributed by atoms with Crippen molar-refractivity contribution in [3.8, 4) is 5.75 Å². The van der Waals surface area contributed by atoms with Gasteiger partial charge in [-0.1, -0.05) is 18.2 Å². The molecule has 4 aliphatic carbocycles. The topological polar surface area (TPSA) is 32.7 Å². The number of aliphatic hydroxyl groups is 1. The van der Waals surface area contributed by atoms with Crippen molar-refractivity contribution in [2.45, 2.75) is 43.6 Å². The van der Waals surface area contributed by atoms with Crippen LogP contribution in [-0.2, 0) is 0 Å². The van der Waals surface area contributed by atoms with Crippen LogP contribution in [0, 0.1) is 23.7 Å². The minimum Gasteiger partial charge on any atom is -0.497 e. The summed E-state index contributed by atoms with van der Waals surface area (Å²) < 4.78 is 5.59. The van der Waals surface area contributed by atoms with Gasteiger partial charge in [0.05, 0.1) is 12.7 Å². The van der Waals surface area contributed by atoms with E-state index in [1.807, 2.05) is 6.07 Å². The smallest absolute Gasteiger partial charge is 0.119 e. The van der Waals surface area contributed by atoms with Gasteiger partial charge in [0, 0.05) is 24.3 Å². The lowest BCUT2D eigenvalue weighted by Gasteiger charge is -2.62. The molecule has 1 N–H and O–H groups in total. The molecule has 0 amide bonds. The fourth-order valence-corrected chi connectivity index (χ4v) is 7.44. The predicted octanol–water partition coefficient (Wildman–Crippen LogP) is 5.10. The Hall–Kier alpha value is -2.00. The number of nitrogens with zero attached hydrogens (tertiary/aromatic N) is 1. The normalized spacial score (nSPS) is 37.5. The average Bonchev–Trinajstić information content (AvgIpc) is 2.71. The Morgan fingerprint density at radius 1 is 0.893 bits per heavy atom. The largest absolute Gasteiger partial charge is 0.497 e. The summed E-state index contributed by atoms with van der Waals surface area (Å²) in [7, 11) is 3.87. The monoisotopic (exact) mass is 375 g/mol. The minimum atomic E-state index is -0.647. The zero-order valence-corrected chi connectivity index (χ0v) is 16.8. The van der Waals surface area contributed by atoms with E-state index in [1.54, 1.807) is 7.11 Å². The van der Waals surface area contributed by atoms with Gasteiger partial charge in [-0.25, -0.2) is 0 Å². The molecule has 0 saturated heterocycles. The van der Waals surface area contributed by atoms with E-state index in [0.29, 0.717) is 11.8 Å². The summed E-state index contributed by atoms with van der Waals surface area (Å²) in [5, 5.41) is 12.5. The molecule has 3 heteroatoms. The highest BCUT2D eigenvalue weighted by molar-refractivity contribution is 5.77. The molecule has 4 fully saturated rings. The highest BCUT2D eigenvalue weighted by Gasteiger charge is 2.61. The van der Waals surface area contributed by atoms with Crippen LogP contribution >= 0.6 is 0 Å². The maximum atomic E-state index is 12.5. The summed E-state index contributed by atoms with van der Waals surface area (Å²) in [5.74, 6) is 3.43. The summed E-state index contributed by atoms with van der Waals surface area (Å²) >= 11 is 0. The third-order valence-corrected chi connectivity index (χ3v) is 8.42. The second kappa shape index (κ2) is 5.76. The highest BCUT2D eigenvalue weighted by Crippen LogP contribution is 2.65. The van der Waals surface area contributed by atoms with Gasteiger partial charge in [0.25, 0.3) is 0 Å². The Morgan fingerprint density at radius 2 is 1.54 bits per heavy atom. The molecule has 2 aromatic rings. The van der Waals surface area contributed by atoms with Crippen LogP contribution < -0.4 is 9.64 Å². The fourth-order valence-electron chi connectivity index (χ4n) is 7.44. The number of methoxy groups -OCH3 is 1. The first-order valence-electron chi connectivity index (χ1n) is 10.8. The first-order valence-corrected chi connectivity index (χ1v) is 10.8. The van der Waals surface area contributed by atoms with Crippen molar-refractivity contribution < 1.29 is 9.84 Å². The van der Waals surface area contributed by atoms with Crippen LogP contribution in [0.3, 0.4) is 0 Å². The van der Waals surface area contributed by atoms with Crippen LogP contribution in [0.1, 0.15) is 49.1 Å². The van der Waals surface area contributed by atoms with E-state index in [1.165, 1.54) is 54.6 Å². The zero-order chi connectivity index (χ0) is 19.0. The Bertz CT molecular complexity index is 908. The SMILES string of the molecule is COc1ccc2c(c1)C(C1(O)C3CC4CC(C3)CC1C4)c1ccccc1N2C. The Kier molecular flexibility index (Phi) is 3.48. The van der Waals surface area contributed by atoms with Crippen LogP contribution in [0.15, 0.2) is 42.5 Å². The van der Waals surface area contributed by atoms with Crippen molar-refractivity contribution in [2.24, 2.45) is 23.7 Å². The molecule has 1 aliphatic heterocycles. The van der Waals surface area contributed by atoms with Crippen LogP contribution in [-0.4, -0.2) is 24.9 Å². The van der Waals surface area contributed by atoms with Gasteiger partial charge in [-0.15, -0.1) is 0 Å². The summed E-state index contributed by atoms with van der Waals surface area (Å²) in [6, 6.07) is 15.1. The molecule has 5 aliphatic rings. The predicted molar refractivity (Wildman–Crippen MR) is 111 cm³/mol. The van der Waals surface area contributed by atoms with Crippen molar-refractivity contribution >= 4 is 11.4 Å². The second-order valence-corrected chi connectivity index (χ2v) is 9.67. The first-order chi connectivity index (χ1) is 13.6. The molecule has 3 nitrogen and oxygen atoms in total. The fraction of sp³-hybridized carbons (Fsp3) is 0.520. The highest BCUT2D eigenvalue weighted by atomic mass is 16.5. The van der Waals surface area contributed by atoms with Crippen molar-refractivity contribution in [1.82, 2.24) is 0 Å². The van der Waals surface area contributed by atoms with E-state index in [4.69, 9.17) is 4.74 Å². The van der Waals surface area contributed by atoms with E-state index in [0.717, 1.165) is 17.6 Å². The van der Waals surface area contributed by atoms with Crippen LogP contribution in [0.5, 0.6) is 5.75 Å². The third kappa shape index (κ3) is 2.09. The third-order valence-electron chi connectivity index (χ3n) is 8.42. The van der Waals surface area contributed by atoms with Gasteiger partial charge < -0.3 is 14.7 Å². The van der Waals surface area contributed by atoms with Crippen molar-refractivity contribution in [1.29, 1.82) is 0 Å². The van der Waals surface area contributed by atoms with Gasteiger partial charge in [0.15, 0.2) is 0 Å². The molecule has 0 radical (unpaired) electrons. The molecule has 1 atom stereocenters. The number of hydrogen-bond acceptors (Lipinski definition) is 3. The maximum absolute atomic E-state index is 12.5. The van der Waals surface area contributed by atoms with Gasteiger partial charge in [-0.3, -0.25) is 0 Å². The van der Waals surface area contributed by atoms with E-state index < -0.39 is 5.60 Å². The zero-order valence-electron chi connectivity index (χ0n) is 16.8. The van der Waals surface area contributed by atoms with Crippen molar-refractivity contribution in [2.75, 3.05) is 19.1 Å². The first kappa shape index (κ1) is 16.9. The maximum Gasteiger partial charge on any atom is 0.119 e. The van der Waals surface area contributed by atoms with Crippen LogP contribution in [0.4, 0.5) is 11.4 Å². The summed E-state index contributed by atoms with van der Waals surface area (Å²) in [6.45, 7) is 0. The quantitative estimate of drug-likeness (QED) is 0.793. The number of ether oxygens (including phenoxy) is 1. The molecule has 2 aromatic carbocycles. The molecule has 4 bridgehead atoms.